The van der Waals surface area contributed by atoms with Crippen LogP contribution in [0.4, 0.5) is 11.5 Å². The van der Waals surface area contributed by atoms with Gasteiger partial charge in [0.2, 0.25) is 0 Å². The summed E-state index contributed by atoms with van der Waals surface area (Å²) in [4.78, 5) is 18.4. The van der Waals surface area contributed by atoms with Crippen LogP contribution in [-0.4, -0.2) is 32.1 Å². The maximum atomic E-state index is 12.7. The summed E-state index contributed by atoms with van der Waals surface area (Å²) in [6.45, 7) is 0. The second kappa shape index (κ2) is 6.58. The Balaban J connectivity index is 2.36. The van der Waals surface area contributed by atoms with Gasteiger partial charge in [0.05, 0.1) is 12.7 Å². The van der Waals surface area contributed by atoms with Crippen LogP contribution in [0.2, 0.25) is 0 Å². The van der Waals surface area contributed by atoms with Crippen molar-refractivity contribution in [3.8, 4) is 5.75 Å². The van der Waals surface area contributed by atoms with Gasteiger partial charge in [0, 0.05) is 36.5 Å². The van der Waals surface area contributed by atoms with Crippen molar-refractivity contribution in [2.45, 2.75) is 0 Å². The largest absolute Gasteiger partial charge is 0.497 e. The number of ether oxygens (including phenoxy) is 1. The van der Waals surface area contributed by atoms with Gasteiger partial charge >= 0.3 is 0 Å². The highest BCUT2D eigenvalue weighted by Crippen LogP contribution is 2.24. The molecule has 2 aromatic rings. The first-order valence-electron chi connectivity index (χ1n) is 6.32. The fourth-order valence-electron chi connectivity index (χ4n) is 1.92. The fourth-order valence-corrected chi connectivity index (χ4v) is 2.25. The van der Waals surface area contributed by atoms with E-state index < -0.39 is 0 Å². The predicted octanol–water partition coefficient (Wildman–Crippen LogP) is 3.17. The number of halogens is 1. The molecule has 0 aliphatic carbocycles. The molecule has 0 saturated carbocycles. The molecule has 0 fully saturated rings. The van der Waals surface area contributed by atoms with Crippen LogP contribution in [0.15, 0.2) is 41.0 Å². The molecule has 1 aromatic carbocycles. The Bertz CT molecular complexity index is 661. The Morgan fingerprint density at radius 2 is 2.14 bits per heavy atom. The molecule has 1 N–H and O–H groups in total. The zero-order valence-corrected chi connectivity index (χ0v) is 13.6. The second-order valence-corrected chi connectivity index (χ2v) is 5.28. The topological polar surface area (TPSA) is 54.5 Å². The van der Waals surface area contributed by atoms with E-state index in [4.69, 9.17) is 4.74 Å². The Kier molecular flexibility index (Phi) is 4.80. The third kappa shape index (κ3) is 3.33. The lowest BCUT2D eigenvalue weighted by Gasteiger charge is -2.19. The van der Waals surface area contributed by atoms with E-state index in [-0.39, 0.29) is 5.91 Å². The molecular weight excluding hydrogens is 334 g/mol. The van der Waals surface area contributed by atoms with Crippen molar-refractivity contribution in [1.29, 1.82) is 0 Å². The second-order valence-electron chi connectivity index (χ2n) is 4.37. The number of carbonyl (C=O) groups excluding carboxylic acids is 1. The van der Waals surface area contributed by atoms with Crippen LogP contribution in [0.1, 0.15) is 10.4 Å². The molecule has 110 valence electrons. The Labute approximate surface area is 132 Å². The van der Waals surface area contributed by atoms with Crippen molar-refractivity contribution in [1.82, 2.24) is 4.98 Å². The number of benzene rings is 1. The molecule has 0 radical (unpaired) electrons. The highest BCUT2D eigenvalue weighted by atomic mass is 79.9. The first-order chi connectivity index (χ1) is 10.1. The Hall–Kier alpha value is -2.08. The number of anilines is 2. The predicted molar refractivity (Wildman–Crippen MR) is 87.2 cm³/mol. The highest BCUT2D eigenvalue weighted by Gasteiger charge is 2.18. The van der Waals surface area contributed by atoms with Gasteiger partial charge in [-0.1, -0.05) is 6.07 Å². The summed E-state index contributed by atoms with van der Waals surface area (Å²) in [5.74, 6) is 1.09. The van der Waals surface area contributed by atoms with Crippen LogP contribution in [0, 0.1) is 0 Å². The van der Waals surface area contributed by atoms with Gasteiger partial charge in [-0.15, -0.1) is 0 Å². The van der Waals surface area contributed by atoms with Crippen LogP contribution in [0.5, 0.6) is 5.75 Å². The average Bonchev–Trinajstić information content (AvgIpc) is 2.53. The molecule has 0 saturated heterocycles. The molecule has 1 amide bonds. The van der Waals surface area contributed by atoms with Gasteiger partial charge < -0.3 is 15.0 Å². The minimum atomic E-state index is -0.151. The lowest BCUT2D eigenvalue weighted by Crippen LogP contribution is -2.27. The monoisotopic (exact) mass is 349 g/mol. The summed E-state index contributed by atoms with van der Waals surface area (Å²) in [5.41, 5.74) is 1.25. The molecule has 6 heteroatoms. The number of aromatic nitrogens is 1. The lowest BCUT2D eigenvalue weighted by atomic mass is 10.2. The number of nitrogens with zero attached hydrogens (tertiary/aromatic N) is 2. The van der Waals surface area contributed by atoms with Gasteiger partial charge in [-0.2, -0.15) is 0 Å². The third-order valence-electron chi connectivity index (χ3n) is 3.07. The third-order valence-corrected chi connectivity index (χ3v) is 3.50. The van der Waals surface area contributed by atoms with Crippen LogP contribution < -0.4 is 15.0 Å². The molecule has 1 heterocycles. The van der Waals surface area contributed by atoms with Gasteiger partial charge in [0.1, 0.15) is 11.6 Å². The van der Waals surface area contributed by atoms with Crippen molar-refractivity contribution < 1.29 is 9.53 Å². The van der Waals surface area contributed by atoms with Gasteiger partial charge in [0.25, 0.3) is 5.91 Å². The van der Waals surface area contributed by atoms with E-state index in [1.165, 1.54) is 0 Å². The number of hydrogen-bond donors (Lipinski definition) is 1. The van der Waals surface area contributed by atoms with Crippen LogP contribution in [-0.2, 0) is 0 Å². The fraction of sp³-hybridized carbons (Fsp3) is 0.200. The van der Waals surface area contributed by atoms with Crippen LogP contribution >= 0.6 is 15.9 Å². The molecule has 0 unspecified atom stereocenters. The van der Waals surface area contributed by atoms with Crippen molar-refractivity contribution in [2.75, 3.05) is 31.4 Å². The van der Waals surface area contributed by atoms with E-state index in [2.05, 4.69) is 26.2 Å². The summed E-state index contributed by atoms with van der Waals surface area (Å²) in [6.07, 6.45) is 1.65. The quantitative estimate of drug-likeness (QED) is 0.920. The zero-order chi connectivity index (χ0) is 15.4. The zero-order valence-electron chi connectivity index (χ0n) is 12.1. The normalized spacial score (nSPS) is 10.1. The smallest absolute Gasteiger partial charge is 0.261 e. The first-order valence-corrected chi connectivity index (χ1v) is 7.11. The van der Waals surface area contributed by atoms with E-state index in [1.54, 1.807) is 38.4 Å². The number of methoxy groups -OCH3 is 1. The van der Waals surface area contributed by atoms with E-state index >= 15 is 0 Å². The summed E-state index contributed by atoms with van der Waals surface area (Å²) < 4.78 is 5.94. The van der Waals surface area contributed by atoms with Crippen molar-refractivity contribution in [2.24, 2.45) is 0 Å². The Morgan fingerprint density at radius 1 is 1.38 bits per heavy atom. The van der Waals surface area contributed by atoms with Gasteiger partial charge in [-0.25, -0.2) is 4.98 Å². The average molecular weight is 350 g/mol. The molecule has 21 heavy (non-hydrogen) atoms. The highest BCUT2D eigenvalue weighted by molar-refractivity contribution is 9.10. The number of hydrogen-bond acceptors (Lipinski definition) is 4. The van der Waals surface area contributed by atoms with E-state index in [1.807, 2.05) is 24.3 Å². The molecule has 1 aromatic heterocycles. The number of rotatable bonds is 4. The summed E-state index contributed by atoms with van der Waals surface area (Å²) in [6, 6.07) is 9.09. The Morgan fingerprint density at radius 3 is 2.81 bits per heavy atom. The SMILES string of the molecule is CNc1ncc(Br)cc1C(=O)N(C)c1cccc(OC)c1. The minimum Gasteiger partial charge on any atom is -0.497 e. The first kappa shape index (κ1) is 15.3. The van der Waals surface area contributed by atoms with E-state index in [0.717, 1.165) is 10.2 Å². The standard InChI is InChI=1S/C15H16BrN3O2/c1-17-14-13(7-10(16)9-18-14)15(20)19(2)11-5-4-6-12(8-11)21-3/h4-9H,1-3H3,(H,17,18). The van der Waals surface area contributed by atoms with E-state index in [9.17, 15) is 4.79 Å². The molecule has 0 aliphatic heterocycles. The van der Waals surface area contributed by atoms with Crippen LogP contribution in [0.25, 0.3) is 0 Å². The molecule has 0 spiro atoms. The number of amides is 1. The molecule has 5 nitrogen and oxygen atoms in total. The van der Waals surface area contributed by atoms with Gasteiger partial charge in [-0.3, -0.25) is 4.79 Å². The summed E-state index contributed by atoms with van der Waals surface area (Å²) in [5, 5.41) is 2.93. The minimum absolute atomic E-state index is 0.151. The molecule has 0 atom stereocenters. The van der Waals surface area contributed by atoms with Crippen LogP contribution in [0.3, 0.4) is 0 Å². The van der Waals surface area contributed by atoms with Gasteiger partial charge in [-0.05, 0) is 34.1 Å². The lowest BCUT2D eigenvalue weighted by molar-refractivity contribution is 0.0993. The maximum Gasteiger partial charge on any atom is 0.261 e. The van der Waals surface area contributed by atoms with Crippen molar-refractivity contribution in [3.05, 3.63) is 46.6 Å². The van der Waals surface area contributed by atoms with Gasteiger partial charge in [0.15, 0.2) is 0 Å². The molecule has 0 bridgehead atoms. The maximum absolute atomic E-state index is 12.7. The van der Waals surface area contributed by atoms with E-state index in [0.29, 0.717) is 17.1 Å². The summed E-state index contributed by atoms with van der Waals surface area (Å²) in [7, 11) is 5.05. The molecule has 2 rings (SSSR count). The number of nitrogens with one attached hydrogen (secondary N) is 1. The summed E-state index contributed by atoms with van der Waals surface area (Å²) >= 11 is 3.34. The number of carbonyl (C=O) groups is 1. The van der Waals surface area contributed by atoms with Crippen molar-refractivity contribution in [3.63, 3.8) is 0 Å². The molecule has 0 aliphatic rings. The van der Waals surface area contributed by atoms with Crippen molar-refractivity contribution >= 4 is 33.3 Å². The number of pyridine rings is 1. The molecular formula is C15H16BrN3O2.